The highest BCUT2D eigenvalue weighted by Gasteiger charge is 2.20. The molecule has 2 N–H and O–H groups in total. The van der Waals surface area contributed by atoms with E-state index < -0.39 is 0 Å². The van der Waals surface area contributed by atoms with Crippen molar-refractivity contribution in [3.63, 3.8) is 0 Å². The van der Waals surface area contributed by atoms with E-state index in [1.165, 1.54) is 5.56 Å². The molecule has 1 aliphatic heterocycles. The number of hydrogen-bond acceptors (Lipinski definition) is 4. The Kier molecular flexibility index (Phi) is 5.68. The molecule has 2 aromatic rings. The van der Waals surface area contributed by atoms with E-state index in [-0.39, 0.29) is 5.91 Å². The Bertz CT molecular complexity index is 715. The first-order valence-electron chi connectivity index (χ1n) is 8.70. The van der Waals surface area contributed by atoms with Crippen LogP contribution in [-0.4, -0.2) is 43.0 Å². The predicted molar refractivity (Wildman–Crippen MR) is 100 cm³/mol. The number of para-hydroxylation sites is 2. The maximum atomic E-state index is 12.4. The molecule has 5 nitrogen and oxygen atoms in total. The molecule has 1 fully saturated rings. The van der Waals surface area contributed by atoms with Gasteiger partial charge in [0.15, 0.2) is 5.75 Å². The topological polar surface area (TPSA) is 53.6 Å². The van der Waals surface area contributed by atoms with E-state index in [0.29, 0.717) is 24.0 Å². The number of ether oxygens (including phenoxy) is 1. The standard InChI is InChI=1S/C20H25N3O2/c1-15-7-9-17(10-8-15)25-19-6-4-3-5-18(19)22-20(24)14-23-12-11-21-13-16(23)2/h3-10,16,21H,11-14H2,1-2H3,(H,22,24)/t16-/m1/s1. The van der Waals surface area contributed by atoms with E-state index in [1.54, 1.807) is 0 Å². The van der Waals surface area contributed by atoms with Crippen LogP contribution in [0.1, 0.15) is 12.5 Å². The number of nitrogens with one attached hydrogen (secondary N) is 2. The van der Waals surface area contributed by atoms with Crippen molar-refractivity contribution in [3.8, 4) is 11.5 Å². The van der Waals surface area contributed by atoms with Crippen LogP contribution < -0.4 is 15.4 Å². The molecule has 1 saturated heterocycles. The molecule has 0 aliphatic carbocycles. The third kappa shape index (κ3) is 4.81. The quantitative estimate of drug-likeness (QED) is 0.879. The van der Waals surface area contributed by atoms with Crippen molar-refractivity contribution in [2.45, 2.75) is 19.9 Å². The molecule has 0 saturated carbocycles. The van der Waals surface area contributed by atoms with Gasteiger partial charge >= 0.3 is 0 Å². The average molecular weight is 339 g/mol. The van der Waals surface area contributed by atoms with Crippen LogP contribution in [0.25, 0.3) is 0 Å². The lowest BCUT2D eigenvalue weighted by Crippen LogP contribution is -2.51. The molecule has 2 aromatic carbocycles. The molecule has 132 valence electrons. The molecule has 0 bridgehead atoms. The largest absolute Gasteiger partial charge is 0.455 e. The summed E-state index contributed by atoms with van der Waals surface area (Å²) < 4.78 is 5.94. The predicted octanol–water partition coefficient (Wildman–Crippen LogP) is 3.02. The molecule has 3 rings (SSSR count). The van der Waals surface area contributed by atoms with Crippen LogP contribution in [0.5, 0.6) is 11.5 Å². The van der Waals surface area contributed by atoms with E-state index in [4.69, 9.17) is 4.74 Å². The number of carbonyl (C=O) groups is 1. The smallest absolute Gasteiger partial charge is 0.238 e. The van der Waals surface area contributed by atoms with Crippen molar-refractivity contribution in [3.05, 3.63) is 54.1 Å². The van der Waals surface area contributed by atoms with E-state index in [2.05, 4.69) is 22.5 Å². The zero-order valence-corrected chi connectivity index (χ0v) is 14.8. The summed E-state index contributed by atoms with van der Waals surface area (Å²) in [5.74, 6) is 1.38. The SMILES string of the molecule is Cc1ccc(Oc2ccccc2NC(=O)CN2CCNC[C@H]2C)cc1. The normalized spacial score (nSPS) is 17.9. The van der Waals surface area contributed by atoms with E-state index in [0.717, 1.165) is 25.4 Å². The molecule has 1 atom stereocenters. The molecular weight excluding hydrogens is 314 g/mol. The minimum absolute atomic E-state index is 0.0197. The summed E-state index contributed by atoms with van der Waals surface area (Å²) in [6.45, 7) is 7.28. The highest BCUT2D eigenvalue weighted by atomic mass is 16.5. The molecule has 1 aliphatic rings. The van der Waals surface area contributed by atoms with Crippen LogP contribution in [0.2, 0.25) is 0 Å². The zero-order chi connectivity index (χ0) is 17.6. The van der Waals surface area contributed by atoms with Gasteiger partial charge in [-0.25, -0.2) is 0 Å². The van der Waals surface area contributed by atoms with Gasteiger partial charge in [-0.3, -0.25) is 9.69 Å². The fourth-order valence-electron chi connectivity index (χ4n) is 2.88. The fourth-order valence-corrected chi connectivity index (χ4v) is 2.88. The number of nitrogens with zero attached hydrogens (tertiary/aromatic N) is 1. The first kappa shape index (κ1) is 17.5. The van der Waals surface area contributed by atoms with E-state index >= 15 is 0 Å². The van der Waals surface area contributed by atoms with Gasteiger partial charge in [0.05, 0.1) is 12.2 Å². The lowest BCUT2D eigenvalue weighted by molar-refractivity contribution is -0.118. The van der Waals surface area contributed by atoms with Crippen molar-refractivity contribution in [2.75, 3.05) is 31.5 Å². The third-order valence-corrected chi connectivity index (χ3v) is 4.40. The fraction of sp³-hybridized carbons (Fsp3) is 0.350. The van der Waals surface area contributed by atoms with Crippen LogP contribution in [0.15, 0.2) is 48.5 Å². The van der Waals surface area contributed by atoms with Crippen molar-refractivity contribution >= 4 is 11.6 Å². The van der Waals surface area contributed by atoms with E-state index in [1.807, 2.05) is 55.5 Å². The molecule has 0 aromatic heterocycles. The number of piperazine rings is 1. The zero-order valence-electron chi connectivity index (χ0n) is 14.8. The number of aryl methyl sites for hydroxylation is 1. The summed E-state index contributed by atoms with van der Waals surface area (Å²) in [5.41, 5.74) is 1.87. The van der Waals surface area contributed by atoms with Gasteiger partial charge in [-0.1, -0.05) is 29.8 Å². The van der Waals surface area contributed by atoms with Gasteiger partial charge in [0.2, 0.25) is 5.91 Å². The van der Waals surface area contributed by atoms with Gasteiger partial charge in [-0.15, -0.1) is 0 Å². The second kappa shape index (κ2) is 8.14. The number of hydrogen-bond donors (Lipinski definition) is 2. The van der Waals surface area contributed by atoms with Crippen molar-refractivity contribution in [1.82, 2.24) is 10.2 Å². The van der Waals surface area contributed by atoms with Crippen LogP contribution in [0.3, 0.4) is 0 Å². The van der Waals surface area contributed by atoms with Gasteiger partial charge in [0.25, 0.3) is 0 Å². The first-order valence-corrected chi connectivity index (χ1v) is 8.70. The average Bonchev–Trinajstić information content (AvgIpc) is 2.61. The summed E-state index contributed by atoms with van der Waals surface area (Å²) in [6.07, 6.45) is 0. The summed E-state index contributed by atoms with van der Waals surface area (Å²) in [6, 6.07) is 15.7. The molecular formula is C20H25N3O2. The Labute approximate surface area is 149 Å². The third-order valence-electron chi connectivity index (χ3n) is 4.40. The lowest BCUT2D eigenvalue weighted by Gasteiger charge is -2.33. The number of carbonyl (C=O) groups excluding carboxylic acids is 1. The molecule has 5 heteroatoms. The number of benzene rings is 2. The summed E-state index contributed by atoms with van der Waals surface area (Å²) in [7, 11) is 0. The van der Waals surface area contributed by atoms with Gasteiger partial charge in [0, 0.05) is 25.7 Å². The minimum Gasteiger partial charge on any atom is -0.455 e. The monoisotopic (exact) mass is 339 g/mol. The van der Waals surface area contributed by atoms with Crippen LogP contribution in [0, 0.1) is 6.92 Å². The Morgan fingerprint density at radius 1 is 1.24 bits per heavy atom. The Morgan fingerprint density at radius 3 is 2.76 bits per heavy atom. The Hall–Kier alpha value is -2.37. The highest BCUT2D eigenvalue weighted by molar-refractivity contribution is 5.93. The molecule has 1 heterocycles. The second-order valence-corrected chi connectivity index (χ2v) is 6.48. The maximum absolute atomic E-state index is 12.4. The van der Waals surface area contributed by atoms with Gasteiger partial charge in [0.1, 0.15) is 5.75 Å². The van der Waals surface area contributed by atoms with Gasteiger partial charge in [-0.2, -0.15) is 0 Å². The summed E-state index contributed by atoms with van der Waals surface area (Å²) in [4.78, 5) is 14.6. The Balaban J connectivity index is 1.65. The molecule has 1 amide bonds. The molecule has 0 spiro atoms. The number of rotatable bonds is 5. The van der Waals surface area contributed by atoms with Crippen molar-refractivity contribution in [2.24, 2.45) is 0 Å². The van der Waals surface area contributed by atoms with Crippen molar-refractivity contribution in [1.29, 1.82) is 0 Å². The first-order chi connectivity index (χ1) is 12.1. The number of anilines is 1. The highest BCUT2D eigenvalue weighted by Crippen LogP contribution is 2.29. The van der Waals surface area contributed by atoms with Crippen LogP contribution in [0.4, 0.5) is 5.69 Å². The van der Waals surface area contributed by atoms with Crippen molar-refractivity contribution < 1.29 is 9.53 Å². The Morgan fingerprint density at radius 2 is 2.00 bits per heavy atom. The maximum Gasteiger partial charge on any atom is 0.238 e. The number of amides is 1. The second-order valence-electron chi connectivity index (χ2n) is 6.48. The minimum atomic E-state index is -0.0197. The van der Waals surface area contributed by atoms with Crippen LogP contribution in [-0.2, 0) is 4.79 Å². The van der Waals surface area contributed by atoms with Gasteiger partial charge in [-0.05, 0) is 38.1 Å². The van der Waals surface area contributed by atoms with Gasteiger partial charge < -0.3 is 15.4 Å². The summed E-state index contributed by atoms with van der Waals surface area (Å²) >= 11 is 0. The lowest BCUT2D eigenvalue weighted by atomic mass is 10.2. The molecule has 25 heavy (non-hydrogen) atoms. The molecule has 0 radical (unpaired) electrons. The van der Waals surface area contributed by atoms with Crippen LogP contribution >= 0.6 is 0 Å². The van der Waals surface area contributed by atoms with E-state index in [9.17, 15) is 4.79 Å². The molecule has 0 unspecified atom stereocenters. The summed E-state index contributed by atoms with van der Waals surface area (Å²) in [5, 5.41) is 6.32.